The molecule has 1 saturated heterocycles. The van der Waals surface area contributed by atoms with Crippen molar-refractivity contribution in [3.8, 4) is 0 Å². The van der Waals surface area contributed by atoms with E-state index in [0.29, 0.717) is 6.04 Å². The lowest BCUT2D eigenvalue weighted by Crippen LogP contribution is -2.39. The largest absolute Gasteiger partial charge is 0.312 e. The molecular formula is C11H19N3S2. The summed E-state index contributed by atoms with van der Waals surface area (Å²) in [6, 6.07) is 0.698. The zero-order valence-corrected chi connectivity index (χ0v) is 11.3. The smallest absolute Gasteiger partial charge is 0.107 e. The molecule has 0 bridgehead atoms. The lowest BCUT2D eigenvalue weighted by Gasteiger charge is -2.22. The van der Waals surface area contributed by atoms with Crippen LogP contribution in [0, 0.1) is 6.92 Å². The first-order valence-corrected chi connectivity index (χ1v) is 7.75. The van der Waals surface area contributed by atoms with Crippen LogP contribution in [-0.4, -0.2) is 35.6 Å². The van der Waals surface area contributed by atoms with E-state index in [2.05, 4.69) is 34.3 Å². The van der Waals surface area contributed by atoms with E-state index in [1.165, 1.54) is 34.4 Å². The van der Waals surface area contributed by atoms with Crippen molar-refractivity contribution < 1.29 is 0 Å². The molecule has 3 nitrogen and oxygen atoms in total. The van der Waals surface area contributed by atoms with Gasteiger partial charge in [0.15, 0.2) is 0 Å². The third-order valence-corrected chi connectivity index (χ3v) is 4.66. The summed E-state index contributed by atoms with van der Waals surface area (Å²) in [6.07, 6.45) is 3.17. The number of thioether (sulfide) groups is 1. The summed E-state index contributed by atoms with van der Waals surface area (Å²) < 4.78 is 0. The maximum Gasteiger partial charge on any atom is 0.107 e. The van der Waals surface area contributed by atoms with Crippen molar-refractivity contribution in [2.45, 2.75) is 25.9 Å². The molecule has 0 saturated carbocycles. The van der Waals surface area contributed by atoms with Gasteiger partial charge in [-0.2, -0.15) is 11.8 Å². The van der Waals surface area contributed by atoms with Crippen molar-refractivity contribution in [1.29, 1.82) is 0 Å². The Morgan fingerprint density at radius 3 is 3.25 bits per heavy atom. The lowest BCUT2D eigenvalue weighted by molar-refractivity contribution is 0.503. The van der Waals surface area contributed by atoms with Crippen LogP contribution in [0.15, 0.2) is 6.20 Å². The molecule has 1 aliphatic rings. The van der Waals surface area contributed by atoms with Gasteiger partial charge in [0, 0.05) is 41.7 Å². The fourth-order valence-electron chi connectivity index (χ4n) is 1.76. The SMILES string of the molecule is Cc1cnc(CNCCC2CSCCN2)s1. The number of thiazole rings is 1. The number of hydrogen-bond donors (Lipinski definition) is 2. The molecule has 1 aliphatic heterocycles. The van der Waals surface area contributed by atoms with Gasteiger partial charge in [-0.1, -0.05) is 0 Å². The first kappa shape index (κ1) is 12.4. The molecule has 0 amide bonds. The molecule has 16 heavy (non-hydrogen) atoms. The molecule has 0 spiro atoms. The van der Waals surface area contributed by atoms with Crippen molar-refractivity contribution in [1.82, 2.24) is 15.6 Å². The summed E-state index contributed by atoms with van der Waals surface area (Å²) >= 11 is 3.84. The third kappa shape index (κ3) is 4.05. The second-order valence-electron chi connectivity index (χ2n) is 4.06. The van der Waals surface area contributed by atoms with Crippen LogP contribution < -0.4 is 10.6 Å². The molecular weight excluding hydrogens is 238 g/mol. The van der Waals surface area contributed by atoms with Gasteiger partial charge in [0.05, 0.1) is 0 Å². The van der Waals surface area contributed by atoms with E-state index in [0.717, 1.165) is 13.1 Å². The van der Waals surface area contributed by atoms with Crippen LogP contribution >= 0.6 is 23.1 Å². The molecule has 90 valence electrons. The van der Waals surface area contributed by atoms with E-state index < -0.39 is 0 Å². The standard InChI is InChI=1S/C11H19N3S2/c1-9-6-14-11(16-9)7-12-3-2-10-8-15-5-4-13-10/h6,10,12-13H,2-5,7-8H2,1H3. The molecule has 1 aromatic rings. The number of aryl methyl sites for hydroxylation is 1. The summed E-state index contributed by atoms with van der Waals surface area (Å²) in [5.74, 6) is 2.53. The Kier molecular flexibility index (Phi) is 5.09. The predicted molar refractivity (Wildman–Crippen MR) is 72.3 cm³/mol. The average Bonchev–Trinajstić information content (AvgIpc) is 2.72. The van der Waals surface area contributed by atoms with Crippen molar-refractivity contribution in [3.63, 3.8) is 0 Å². The number of rotatable bonds is 5. The molecule has 1 unspecified atom stereocenters. The summed E-state index contributed by atoms with van der Waals surface area (Å²) in [6.45, 7) is 5.26. The van der Waals surface area contributed by atoms with Gasteiger partial charge in [-0.05, 0) is 19.9 Å². The second-order valence-corrected chi connectivity index (χ2v) is 6.53. The molecule has 2 rings (SSSR count). The molecule has 0 aliphatic carbocycles. The highest BCUT2D eigenvalue weighted by Gasteiger charge is 2.11. The quantitative estimate of drug-likeness (QED) is 0.786. The monoisotopic (exact) mass is 257 g/mol. The first-order chi connectivity index (χ1) is 7.84. The molecule has 1 aromatic heterocycles. The first-order valence-electron chi connectivity index (χ1n) is 5.78. The Morgan fingerprint density at radius 1 is 1.62 bits per heavy atom. The van der Waals surface area contributed by atoms with Crippen LogP contribution in [0.5, 0.6) is 0 Å². The fourth-order valence-corrected chi connectivity index (χ4v) is 3.51. The van der Waals surface area contributed by atoms with Gasteiger partial charge in [-0.3, -0.25) is 0 Å². The van der Waals surface area contributed by atoms with Crippen LogP contribution in [0.25, 0.3) is 0 Å². The van der Waals surface area contributed by atoms with E-state index >= 15 is 0 Å². The molecule has 0 aromatic carbocycles. The third-order valence-electron chi connectivity index (χ3n) is 2.61. The Balaban J connectivity index is 1.57. The van der Waals surface area contributed by atoms with Crippen LogP contribution in [0.3, 0.4) is 0 Å². The Morgan fingerprint density at radius 2 is 2.56 bits per heavy atom. The van der Waals surface area contributed by atoms with Gasteiger partial charge in [0.25, 0.3) is 0 Å². The van der Waals surface area contributed by atoms with Gasteiger partial charge in [-0.25, -0.2) is 4.98 Å². The van der Waals surface area contributed by atoms with E-state index in [9.17, 15) is 0 Å². The predicted octanol–water partition coefficient (Wildman–Crippen LogP) is 1.64. The fraction of sp³-hybridized carbons (Fsp3) is 0.727. The summed E-state index contributed by atoms with van der Waals surface area (Å²) in [4.78, 5) is 5.63. The topological polar surface area (TPSA) is 37.0 Å². The van der Waals surface area contributed by atoms with Gasteiger partial charge in [-0.15, -0.1) is 11.3 Å². The number of nitrogens with zero attached hydrogens (tertiary/aromatic N) is 1. The Labute approximate surface area is 105 Å². The van der Waals surface area contributed by atoms with Crippen molar-refractivity contribution in [3.05, 3.63) is 16.1 Å². The highest BCUT2D eigenvalue weighted by atomic mass is 32.2. The van der Waals surface area contributed by atoms with Gasteiger partial charge in [0.1, 0.15) is 5.01 Å². The summed E-state index contributed by atoms with van der Waals surface area (Å²) in [5, 5.41) is 8.21. The normalized spacial score (nSPS) is 21.2. The van der Waals surface area contributed by atoms with Crippen LogP contribution in [0.4, 0.5) is 0 Å². The number of nitrogens with one attached hydrogen (secondary N) is 2. The number of hydrogen-bond acceptors (Lipinski definition) is 5. The van der Waals surface area contributed by atoms with Crippen LogP contribution in [0.2, 0.25) is 0 Å². The molecule has 5 heteroatoms. The minimum Gasteiger partial charge on any atom is -0.312 e. The molecule has 1 fully saturated rings. The maximum atomic E-state index is 4.34. The molecule has 1 atom stereocenters. The van der Waals surface area contributed by atoms with E-state index in [1.807, 2.05) is 6.20 Å². The molecule has 2 N–H and O–H groups in total. The lowest BCUT2D eigenvalue weighted by atomic mass is 10.2. The highest BCUT2D eigenvalue weighted by molar-refractivity contribution is 7.99. The average molecular weight is 257 g/mol. The van der Waals surface area contributed by atoms with Gasteiger partial charge < -0.3 is 10.6 Å². The van der Waals surface area contributed by atoms with Crippen molar-refractivity contribution >= 4 is 23.1 Å². The highest BCUT2D eigenvalue weighted by Crippen LogP contribution is 2.11. The molecule has 2 heterocycles. The van der Waals surface area contributed by atoms with Crippen molar-refractivity contribution in [2.24, 2.45) is 0 Å². The van der Waals surface area contributed by atoms with Crippen LogP contribution in [0.1, 0.15) is 16.3 Å². The Bertz CT molecular complexity index is 308. The minimum absolute atomic E-state index is 0.698. The molecule has 0 radical (unpaired) electrons. The van der Waals surface area contributed by atoms with E-state index in [1.54, 1.807) is 11.3 Å². The zero-order valence-electron chi connectivity index (χ0n) is 9.66. The van der Waals surface area contributed by atoms with Gasteiger partial charge in [0.2, 0.25) is 0 Å². The number of aromatic nitrogens is 1. The van der Waals surface area contributed by atoms with Crippen LogP contribution in [-0.2, 0) is 6.54 Å². The van der Waals surface area contributed by atoms with Crippen molar-refractivity contribution in [2.75, 3.05) is 24.6 Å². The zero-order chi connectivity index (χ0) is 11.2. The second kappa shape index (κ2) is 6.59. The Hall–Kier alpha value is -0.100. The minimum atomic E-state index is 0.698. The van der Waals surface area contributed by atoms with Gasteiger partial charge >= 0.3 is 0 Å². The maximum absolute atomic E-state index is 4.34. The van der Waals surface area contributed by atoms with E-state index in [-0.39, 0.29) is 0 Å². The summed E-state index contributed by atoms with van der Waals surface area (Å²) in [5.41, 5.74) is 0. The van der Waals surface area contributed by atoms with E-state index in [4.69, 9.17) is 0 Å². The summed E-state index contributed by atoms with van der Waals surface area (Å²) in [7, 11) is 0.